The van der Waals surface area contributed by atoms with Gasteiger partial charge in [0.25, 0.3) is 0 Å². The molecule has 2 N–H and O–H groups in total. The van der Waals surface area contributed by atoms with Gasteiger partial charge in [0.2, 0.25) is 0 Å². The van der Waals surface area contributed by atoms with Crippen molar-refractivity contribution in [3.63, 3.8) is 0 Å². The van der Waals surface area contributed by atoms with Gasteiger partial charge in [-0.1, -0.05) is 46.9 Å². The zero-order chi connectivity index (χ0) is 27.1. The van der Waals surface area contributed by atoms with Gasteiger partial charge >= 0.3 is 6.03 Å². The molecule has 1 heterocycles. The molecule has 39 heavy (non-hydrogen) atoms. The van der Waals surface area contributed by atoms with Crippen molar-refractivity contribution >= 4 is 40.8 Å². The normalized spacial score (nSPS) is 25.2. The molecule has 1 aromatic heterocycles. The van der Waals surface area contributed by atoms with Crippen molar-refractivity contribution in [3.05, 3.63) is 68.8 Å². The summed E-state index contributed by atoms with van der Waals surface area (Å²) in [7, 11) is 0. The molecule has 206 valence electrons. The maximum atomic E-state index is 12.7. The highest BCUT2D eigenvalue weighted by atomic mass is 35.5. The van der Waals surface area contributed by atoms with Gasteiger partial charge in [-0.3, -0.25) is 0 Å². The van der Waals surface area contributed by atoms with Crippen molar-refractivity contribution < 1.29 is 4.79 Å². The number of nitrogens with one attached hydrogen (secondary N) is 2. The molecule has 0 unspecified atom stereocenters. The molecule has 0 aliphatic heterocycles. The minimum absolute atomic E-state index is 0.161. The van der Waals surface area contributed by atoms with E-state index in [1.165, 1.54) is 38.5 Å². The van der Waals surface area contributed by atoms with Crippen LogP contribution in [0.3, 0.4) is 0 Å². The Balaban J connectivity index is 1.09. The molecule has 2 aromatic carbocycles. The van der Waals surface area contributed by atoms with E-state index in [-0.39, 0.29) is 6.03 Å². The molecule has 4 bridgehead atoms. The highest BCUT2D eigenvalue weighted by Gasteiger charge is 2.47. The monoisotopic (exact) mass is 584 g/mol. The lowest BCUT2D eigenvalue weighted by Crippen LogP contribution is -2.45. The van der Waals surface area contributed by atoms with Gasteiger partial charge in [0.1, 0.15) is 0 Å². The van der Waals surface area contributed by atoms with Crippen LogP contribution in [0.25, 0.3) is 16.9 Å². The number of rotatable bonds is 8. The van der Waals surface area contributed by atoms with Crippen molar-refractivity contribution in [3.8, 4) is 16.9 Å². The predicted molar refractivity (Wildman–Crippen MR) is 159 cm³/mol. The third kappa shape index (κ3) is 5.68. The lowest BCUT2D eigenvalue weighted by molar-refractivity contribution is -0.0401. The average Bonchev–Trinajstić information content (AvgIpc) is 3.22. The second-order valence-electron chi connectivity index (χ2n) is 11.8. The van der Waals surface area contributed by atoms with E-state index in [9.17, 15) is 4.79 Å². The summed E-state index contributed by atoms with van der Waals surface area (Å²) in [6, 6.07) is 12.8. The first-order chi connectivity index (χ1) is 18.9. The average molecular weight is 586 g/mol. The first kappa shape index (κ1) is 27.0. The Morgan fingerprint density at radius 1 is 0.923 bits per heavy atom. The summed E-state index contributed by atoms with van der Waals surface area (Å²) in [6.07, 6.45) is 9.60. The standard InChI is InChI=1S/C31H35Cl3N4O/c1-18-28(17-36-31(39)35-10-2-3-26-22-12-19-11-20(14-22)15-23(26)13-19)37-38(29-9-8-25(33)16-27(29)34)30(18)21-4-6-24(32)7-5-21/h4-9,16,19-20,22-23,26H,2-3,10-15,17H2,1H3,(H2,35,36,39)/t19-,20+,22-,23+,26?. The fourth-order valence-corrected chi connectivity index (χ4v) is 8.37. The van der Waals surface area contributed by atoms with Crippen LogP contribution in [0.1, 0.15) is 56.2 Å². The van der Waals surface area contributed by atoms with Crippen molar-refractivity contribution in [2.24, 2.45) is 29.6 Å². The molecule has 7 rings (SSSR count). The van der Waals surface area contributed by atoms with Crippen molar-refractivity contribution in [1.82, 2.24) is 20.4 Å². The number of hydrogen-bond acceptors (Lipinski definition) is 2. The van der Waals surface area contributed by atoms with E-state index < -0.39 is 0 Å². The van der Waals surface area contributed by atoms with Crippen molar-refractivity contribution in [2.45, 2.75) is 58.4 Å². The lowest BCUT2D eigenvalue weighted by Gasteiger charge is -2.54. The number of amides is 2. The lowest BCUT2D eigenvalue weighted by atomic mass is 9.51. The second-order valence-corrected chi connectivity index (χ2v) is 13.1. The molecule has 5 nitrogen and oxygen atoms in total. The minimum Gasteiger partial charge on any atom is -0.338 e. The fourth-order valence-electron chi connectivity index (χ4n) is 7.76. The quantitative estimate of drug-likeness (QED) is 0.261. The molecular weight excluding hydrogens is 551 g/mol. The molecule has 4 aliphatic carbocycles. The van der Waals surface area contributed by atoms with Crippen LogP contribution in [0, 0.1) is 36.5 Å². The highest BCUT2D eigenvalue weighted by Crippen LogP contribution is 2.57. The predicted octanol–water partition coefficient (Wildman–Crippen LogP) is 8.46. The zero-order valence-electron chi connectivity index (χ0n) is 22.2. The van der Waals surface area contributed by atoms with E-state index in [4.69, 9.17) is 39.9 Å². The molecule has 3 aromatic rings. The Morgan fingerprint density at radius 2 is 1.59 bits per heavy atom. The summed E-state index contributed by atoms with van der Waals surface area (Å²) >= 11 is 18.8. The number of nitrogens with zero attached hydrogens (tertiary/aromatic N) is 2. The van der Waals surface area contributed by atoms with Crippen LogP contribution in [-0.2, 0) is 6.54 Å². The van der Waals surface area contributed by atoms with Crippen LogP contribution in [0.4, 0.5) is 4.79 Å². The van der Waals surface area contributed by atoms with Gasteiger partial charge in [-0.05, 0) is 112 Å². The van der Waals surface area contributed by atoms with E-state index in [1.54, 1.807) is 12.1 Å². The maximum Gasteiger partial charge on any atom is 0.315 e. The largest absolute Gasteiger partial charge is 0.338 e. The molecule has 2 amide bonds. The zero-order valence-corrected chi connectivity index (χ0v) is 24.5. The SMILES string of the molecule is Cc1c(CNC(=O)NCCCC2[C@H]3C[C@@H]4C[C@@H](C[C@H]2C4)C3)nn(-c2ccc(Cl)cc2Cl)c1-c1ccc(Cl)cc1. The van der Waals surface area contributed by atoms with Gasteiger partial charge in [-0.15, -0.1) is 0 Å². The van der Waals surface area contributed by atoms with Crippen LogP contribution >= 0.6 is 34.8 Å². The molecule has 4 saturated carbocycles. The number of hydrogen-bond donors (Lipinski definition) is 2. The third-order valence-corrected chi connectivity index (χ3v) is 10.1. The van der Waals surface area contributed by atoms with Crippen LogP contribution in [-0.4, -0.2) is 22.4 Å². The van der Waals surface area contributed by atoms with Crippen molar-refractivity contribution in [2.75, 3.05) is 6.54 Å². The van der Waals surface area contributed by atoms with Gasteiger partial charge in [0.05, 0.1) is 28.6 Å². The molecule has 4 aliphatic rings. The van der Waals surface area contributed by atoms with Crippen LogP contribution < -0.4 is 10.6 Å². The van der Waals surface area contributed by atoms with Crippen LogP contribution in [0.15, 0.2) is 42.5 Å². The van der Waals surface area contributed by atoms with E-state index in [0.717, 1.165) is 64.2 Å². The number of halogens is 3. The molecule has 0 atom stereocenters. The summed E-state index contributed by atoms with van der Waals surface area (Å²) in [4.78, 5) is 12.7. The van der Waals surface area contributed by atoms with Crippen LogP contribution in [0.5, 0.6) is 0 Å². The smallest absolute Gasteiger partial charge is 0.315 e. The van der Waals surface area contributed by atoms with Gasteiger partial charge in [-0.25, -0.2) is 9.48 Å². The Kier molecular flexibility index (Phi) is 7.85. The molecule has 8 heteroatoms. The topological polar surface area (TPSA) is 59.0 Å². The minimum atomic E-state index is -0.161. The third-order valence-electron chi connectivity index (χ3n) is 9.31. The molecule has 4 fully saturated rings. The number of urea groups is 1. The van der Waals surface area contributed by atoms with E-state index in [2.05, 4.69) is 10.6 Å². The summed E-state index contributed by atoms with van der Waals surface area (Å²) < 4.78 is 1.82. The Bertz CT molecular complexity index is 1320. The Hall–Kier alpha value is -2.21. The van der Waals surface area contributed by atoms with Gasteiger partial charge in [0.15, 0.2) is 0 Å². The van der Waals surface area contributed by atoms with Crippen molar-refractivity contribution in [1.29, 1.82) is 0 Å². The first-order valence-electron chi connectivity index (χ1n) is 14.2. The first-order valence-corrected chi connectivity index (χ1v) is 15.3. The Morgan fingerprint density at radius 3 is 2.26 bits per heavy atom. The van der Waals surface area contributed by atoms with E-state index in [0.29, 0.717) is 28.2 Å². The maximum absolute atomic E-state index is 12.7. The second kappa shape index (κ2) is 11.3. The number of benzene rings is 2. The molecule has 0 radical (unpaired) electrons. The molecular formula is C31H35Cl3N4O. The number of carbonyl (C=O) groups is 1. The van der Waals surface area contributed by atoms with E-state index in [1.807, 2.05) is 41.9 Å². The van der Waals surface area contributed by atoms with Gasteiger partial charge < -0.3 is 10.6 Å². The van der Waals surface area contributed by atoms with Gasteiger partial charge in [0, 0.05) is 27.7 Å². The summed E-state index contributed by atoms with van der Waals surface area (Å²) in [5.74, 6) is 4.78. The highest BCUT2D eigenvalue weighted by molar-refractivity contribution is 6.35. The Labute approximate surface area is 245 Å². The number of aromatic nitrogens is 2. The molecule has 0 spiro atoms. The number of carbonyl (C=O) groups excluding carboxylic acids is 1. The van der Waals surface area contributed by atoms with E-state index >= 15 is 0 Å². The molecule has 0 saturated heterocycles. The summed E-state index contributed by atoms with van der Waals surface area (Å²) in [5.41, 5.74) is 4.30. The fraction of sp³-hybridized carbons (Fsp3) is 0.484. The van der Waals surface area contributed by atoms with Gasteiger partial charge in [-0.2, -0.15) is 5.10 Å². The van der Waals surface area contributed by atoms with Crippen LogP contribution in [0.2, 0.25) is 15.1 Å². The summed E-state index contributed by atoms with van der Waals surface area (Å²) in [5, 5.41) is 12.6. The summed E-state index contributed by atoms with van der Waals surface area (Å²) in [6.45, 7) is 3.03.